The molecule has 1 saturated carbocycles. The van der Waals surface area contributed by atoms with E-state index in [2.05, 4.69) is 37.7 Å². The van der Waals surface area contributed by atoms with Gasteiger partial charge in [0.2, 0.25) is 0 Å². The van der Waals surface area contributed by atoms with Gasteiger partial charge in [-0.05, 0) is 57.1 Å². The summed E-state index contributed by atoms with van der Waals surface area (Å²) < 4.78 is 43.3. The van der Waals surface area contributed by atoms with E-state index in [9.17, 15) is 13.2 Å². The van der Waals surface area contributed by atoms with Crippen molar-refractivity contribution in [1.82, 2.24) is 20.2 Å². The number of nitrogens with zero attached hydrogens (tertiary/aromatic N) is 3. The summed E-state index contributed by atoms with van der Waals surface area (Å²) in [5, 5.41) is 3.69. The summed E-state index contributed by atoms with van der Waals surface area (Å²) in [5.41, 5.74) is 4.08. The van der Waals surface area contributed by atoms with E-state index < -0.39 is 12.7 Å². The number of nitrogens with one attached hydrogen (secondary N) is 2. The van der Waals surface area contributed by atoms with Gasteiger partial charge in [0.1, 0.15) is 5.65 Å². The van der Waals surface area contributed by atoms with Crippen LogP contribution in [0.3, 0.4) is 0 Å². The zero-order valence-electron chi connectivity index (χ0n) is 18.8. The molecule has 0 radical (unpaired) electrons. The molecule has 33 heavy (non-hydrogen) atoms. The summed E-state index contributed by atoms with van der Waals surface area (Å²) in [6.45, 7) is 6.31. The molecule has 1 saturated heterocycles. The third-order valence-corrected chi connectivity index (χ3v) is 7.32. The van der Waals surface area contributed by atoms with Crippen LogP contribution in [0.25, 0.3) is 16.7 Å². The Kier molecular flexibility index (Phi) is 6.26. The van der Waals surface area contributed by atoms with Crippen molar-refractivity contribution in [3.05, 3.63) is 30.6 Å². The maximum Gasteiger partial charge on any atom is 0.401 e. The van der Waals surface area contributed by atoms with Gasteiger partial charge < -0.3 is 24.8 Å². The molecule has 0 amide bonds. The Morgan fingerprint density at radius 2 is 2.03 bits per heavy atom. The lowest BCUT2D eigenvalue weighted by Crippen LogP contribution is -2.50. The molecule has 0 aromatic carbocycles. The average Bonchev–Trinajstić information content (AvgIpc) is 3.47. The molecule has 2 N–H and O–H groups in total. The number of pyridine rings is 1. The minimum absolute atomic E-state index is 0.226. The molecule has 2 aromatic heterocycles. The highest BCUT2D eigenvalue weighted by Crippen LogP contribution is 2.42. The van der Waals surface area contributed by atoms with Gasteiger partial charge in [-0.15, -0.1) is 0 Å². The van der Waals surface area contributed by atoms with Crippen molar-refractivity contribution in [3.8, 4) is 0 Å². The third kappa shape index (κ3) is 4.84. The maximum atomic E-state index is 12.5. The summed E-state index contributed by atoms with van der Waals surface area (Å²) in [6, 6.07) is 2.41. The van der Waals surface area contributed by atoms with Gasteiger partial charge in [-0.3, -0.25) is 0 Å². The van der Waals surface area contributed by atoms with Crippen LogP contribution in [0.2, 0.25) is 0 Å². The Balaban J connectivity index is 1.33. The van der Waals surface area contributed by atoms with E-state index in [1.54, 1.807) is 0 Å². The van der Waals surface area contributed by atoms with Crippen molar-refractivity contribution in [3.63, 3.8) is 0 Å². The molecule has 2 aliphatic heterocycles. The zero-order chi connectivity index (χ0) is 23.0. The van der Waals surface area contributed by atoms with E-state index >= 15 is 0 Å². The average molecular weight is 464 g/mol. The molecule has 180 valence electrons. The van der Waals surface area contributed by atoms with Crippen LogP contribution in [0.1, 0.15) is 44.1 Å². The van der Waals surface area contributed by atoms with Gasteiger partial charge in [0.05, 0.1) is 25.0 Å². The van der Waals surface area contributed by atoms with E-state index in [-0.39, 0.29) is 12.0 Å². The Morgan fingerprint density at radius 1 is 1.21 bits per heavy atom. The van der Waals surface area contributed by atoms with Crippen molar-refractivity contribution in [2.24, 2.45) is 5.92 Å². The normalized spacial score (nSPS) is 26.3. The largest absolute Gasteiger partial charge is 0.401 e. The molecule has 2 aromatic rings. The van der Waals surface area contributed by atoms with E-state index in [1.807, 2.05) is 12.4 Å². The van der Waals surface area contributed by atoms with Crippen LogP contribution >= 0.6 is 0 Å². The first-order valence-corrected chi connectivity index (χ1v) is 11.9. The number of aromatic amines is 1. The monoisotopic (exact) mass is 463 g/mol. The quantitative estimate of drug-likeness (QED) is 0.661. The fourth-order valence-corrected chi connectivity index (χ4v) is 5.60. The Morgan fingerprint density at radius 3 is 2.76 bits per heavy atom. The molecule has 2 fully saturated rings. The van der Waals surface area contributed by atoms with E-state index in [0.717, 1.165) is 80.6 Å². The van der Waals surface area contributed by atoms with Crippen molar-refractivity contribution in [2.75, 3.05) is 37.8 Å². The molecule has 6 nitrogen and oxygen atoms in total. The summed E-state index contributed by atoms with van der Waals surface area (Å²) >= 11 is 0. The lowest BCUT2D eigenvalue weighted by Gasteiger charge is -2.47. The van der Waals surface area contributed by atoms with E-state index in [1.165, 1.54) is 5.69 Å². The summed E-state index contributed by atoms with van der Waals surface area (Å²) in [4.78, 5) is 12.6. The minimum Gasteiger partial charge on any atom is -0.376 e. The highest BCUT2D eigenvalue weighted by molar-refractivity contribution is 5.97. The Hall–Kier alpha value is -2.26. The summed E-state index contributed by atoms with van der Waals surface area (Å²) in [6.07, 6.45) is 5.86. The molecular formula is C24H32F3N5O. The Labute approximate surface area is 192 Å². The summed E-state index contributed by atoms with van der Waals surface area (Å²) in [5.74, 6) is 0.288. The smallest absolute Gasteiger partial charge is 0.376 e. The predicted octanol–water partition coefficient (Wildman–Crippen LogP) is 4.50. The Bertz CT molecular complexity index is 976. The second kappa shape index (κ2) is 9.18. The zero-order valence-corrected chi connectivity index (χ0v) is 18.8. The molecule has 1 atom stereocenters. The van der Waals surface area contributed by atoms with Gasteiger partial charge in [-0.2, -0.15) is 13.2 Å². The van der Waals surface area contributed by atoms with Gasteiger partial charge >= 0.3 is 6.18 Å². The first-order valence-electron chi connectivity index (χ1n) is 11.9. The van der Waals surface area contributed by atoms with Crippen molar-refractivity contribution >= 4 is 22.4 Å². The second-order valence-electron chi connectivity index (χ2n) is 9.60. The molecule has 0 spiro atoms. The standard InChI is InChI=1S/C24H32F3N5O/c1-16-21-12-30-23-20(8-9-29-23)22(21)32(15-31(16)13-19-3-2-10-33-19)18-6-4-17(5-7-18)11-28-14-24(25,26)27/h8-9,12,17-19,28H,1-7,10-11,13-15H2,(H,29,30). The molecule has 1 aliphatic carbocycles. The number of hydrogen-bond acceptors (Lipinski definition) is 5. The lowest BCUT2D eigenvalue weighted by molar-refractivity contribution is -0.125. The van der Waals surface area contributed by atoms with Gasteiger partial charge in [0.25, 0.3) is 0 Å². The van der Waals surface area contributed by atoms with Crippen molar-refractivity contribution in [1.29, 1.82) is 0 Å². The number of rotatable bonds is 6. The number of H-pyrrole nitrogens is 1. The molecule has 4 heterocycles. The van der Waals surface area contributed by atoms with Gasteiger partial charge in [0.15, 0.2) is 0 Å². The number of halogens is 3. The molecule has 9 heteroatoms. The van der Waals surface area contributed by atoms with Gasteiger partial charge in [0, 0.05) is 48.2 Å². The topological polar surface area (TPSA) is 56.4 Å². The fraction of sp³-hybridized carbons (Fsp3) is 0.625. The van der Waals surface area contributed by atoms with Gasteiger partial charge in [-0.25, -0.2) is 4.98 Å². The number of ether oxygens (including phenoxy) is 1. The third-order valence-electron chi connectivity index (χ3n) is 7.32. The van der Waals surface area contributed by atoms with Gasteiger partial charge in [-0.1, -0.05) is 6.58 Å². The fourth-order valence-electron chi connectivity index (χ4n) is 5.60. The first kappa shape index (κ1) is 22.5. The minimum atomic E-state index is -4.15. The number of anilines is 1. The molecule has 5 rings (SSSR count). The lowest BCUT2D eigenvalue weighted by atomic mass is 9.84. The molecule has 0 bridgehead atoms. The van der Waals surface area contributed by atoms with E-state index in [0.29, 0.717) is 12.6 Å². The predicted molar refractivity (Wildman–Crippen MR) is 123 cm³/mol. The first-order chi connectivity index (χ1) is 15.9. The van der Waals surface area contributed by atoms with Crippen LogP contribution in [0.5, 0.6) is 0 Å². The van der Waals surface area contributed by atoms with Crippen LogP contribution in [-0.4, -0.2) is 66.1 Å². The number of hydrogen-bond donors (Lipinski definition) is 2. The van der Waals surface area contributed by atoms with Crippen LogP contribution in [0.15, 0.2) is 25.0 Å². The SMILES string of the molecule is C=C1c2cnc3[nH]ccc3c2N(C2CCC(CNCC(F)(F)F)CC2)CN1CC1CCCO1. The van der Waals surface area contributed by atoms with Crippen LogP contribution in [-0.2, 0) is 4.74 Å². The van der Waals surface area contributed by atoms with Crippen molar-refractivity contribution in [2.45, 2.75) is 56.8 Å². The molecule has 3 aliphatic rings. The van der Waals surface area contributed by atoms with E-state index in [4.69, 9.17) is 4.74 Å². The number of aromatic nitrogens is 2. The van der Waals surface area contributed by atoms with Crippen LogP contribution in [0, 0.1) is 5.92 Å². The second-order valence-corrected chi connectivity index (χ2v) is 9.60. The highest BCUT2D eigenvalue weighted by atomic mass is 19.4. The van der Waals surface area contributed by atoms with Crippen LogP contribution in [0.4, 0.5) is 18.9 Å². The highest BCUT2D eigenvalue weighted by Gasteiger charge is 2.35. The number of fused-ring (bicyclic) bond motifs is 3. The maximum absolute atomic E-state index is 12.5. The van der Waals surface area contributed by atoms with Crippen molar-refractivity contribution < 1.29 is 17.9 Å². The number of alkyl halides is 3. The summed E-state index contributed by atoms with van der Waals surface area (Å²) in [7, 11) is 0. The molecule has 1 unspecified atom stereocenters. The van der Waals surface area contributed by atoms with Crippen LogP contribution < -0.4 is 10.2 Å². The molecular weight excluding hydrogens is 431 g/mol.